The largest absolute Gasteiger partial charge is 0.463 e. The molecular weight excluding hydrogens is 216 g/mol. The Hall–Kier alpha value is -0.570. The Morgan fingerprint density at radius 1 is 1.06 bits per heavy atom. The van der Waals surface area contributed by atoms with E-state index in [1.165, 1.54) is 38.5 Å². The zero-order valence-corrected chi connectivity index (χ0v) is 10.7. The van der Waals surface area contributed by atoms with Crippen LogP contribution in [0.15, 0.2) is 0 Å². The molecule has 1 aliphatic carbocycles. The van der Waals surface area contributed by atoms with Crippen LogP contribution in [0.2, 0.25) is 0 Å². The van der Waals surface area contributed by atoms with Crippen LogP contribution in [-0.2, 0) is 14.3 Å². The minimum atomic E-state index is -0.0222. The van der Waals surface area contributed by atoms with Crippen LogP contribution in [0, 0.1) is 5.92 Å². The standard InChI is InChI=1S/C14H24O3/c15-14(10-12-6-2-1-3-7-12)17-11-13-8-4-5-9-16-13/h12-13H,1-11H2. The zero-order chi connectivity index (χ0) is 11.9. The summed E-state index contributed by atoms with van der Waals surface area (Å²) in [6.07, 6.45) is 10.5. The van der Waals surface area contributed by atoms with E-state index in [1.54, 1.807) is 0 Å². The molecule has 3 nitrogen and oxygen atoms in total. The van der Waals surface area contributed by atoms with Crippen molar-refractivity contribution in [2.45, 2.75) is 63.9 Å². The van der Waals surface area contributed by atoms with Crippen molar-refractivity contribution in [2.75, 3.05) is 13.2 Å². The summed E-state index contributed by atoms with van der Waals surface area (Å²) in [5.74, 6) is 0.551. The van der Waals surface area contributed by atoms with Crippen molar-refractivity contribution in [3.8, 4) is 0 Å². The van der Waals surface area contributed by atoms with Crippen LogP contribution in [0.1, 0.15) is 57.8 Å². The van der Waals surface area contributed by atoms with E-state index in [9.17, 15) is 4.79 Å². The predicted octanol–water partition coefficient (Wildman–Crippen LogP) is 3.07. The maximum atomic E-state index is 11.7. The molecule has 1 unspecified atom stereocenters. The lowest BCUT2D eigenvalue weighted by Gasteiger charge is -2.23. The minimum Gasteiger partial charge on any atom is -0.463 e. The second kappa shape index (κ2) is 7.00. The van der Waals surface area contributed by atoms with Gasteiger partial charge in [-0.2, -0.15) is 0 Å². The van der Waals surface area contributed by atoms with Crippen molar-refractivity contribution in [2.24, 2.45) is 5.92 Å². The van der Waals surface area contributed by atoms with E-state index in [1.807, 2.05) is 0 Å². The quantitative estimate of drug-likeness (QED) is 0.708. The Bertz CT molecular complexity index is 228. The van der Waals surface area contributed by atoms with E-state index in [2.05, 4.69) is 0 Å². The number of rotatable bonds is 4. The van der Waals surface area contributed by atoms with Gasteiger partial charge in [0.1, 0.15) is 6.61 Å². The van der Waals surface area contributed by atoms with Crippen molar-refractivity contribution in [3.63, 3.8) is 0 Å². The Balaban J connectivity index is 1.59. The van der Waals surface area contributed by atoms with Gasteiger partial charge in [-0.3, -0.25) is 4.79 Å². The first-order chi connectivity index (χ1) is 8.34. The van der Waals surface area contributed by atoms with Gasteiger partial charge in [-0.1, -0.05) is 19.3 Å². The first-order valence-corrected chi connectivity index (χ1v) is 7.12. The Morgan fingerprint density at radius 2 is 1.82 bits per heavy atom. The van der Waals surface area contributed by atoms with E-state index in [0.717, 1.165) is 19.4 Å². The smallest absolute Gasteiger partial charge is 0.306 e. The highest BCUT2D eigenvalue weighted by Crippen LogP contribution is 2.26. The first-order valence-electron chi connectivity index (χ1n) is 7.12. The van der Waals surface area contributed by atoms with E-state index in [4.69, 9.17) is 9.47 Å². The van der Waals surface area contributed by atoms with Gasteiger partial charge in [0.05, 0.1) is 6.10 Å². The molecule has 0 aromatic carbocycles. The van der Waals surface area contributed by atoms with Gasteiger partial charge in [0, 0.05) is 13.0 Å². The molecule has 0 aromatic rings. The van der Waals surface area contributed by atoms with Crippen LogP contribution in [0.3, 0.4) is 0 Å². The second-order valence-corrected chi connectivity index (χ2v) is 5.38. The molecule has 0 bridgehead atoms. The number of carbonyl (C=O) groups excluding carboxylic acids is 1. The lowest BCUT2D eigenvalue weighted by Crippen LogP contribution is -2.26. The molecular formula is C14H24O3. The van der Waals surface area contributed by atoms with Gasteiger partial charge in [-0.25, -0.2) is 0 Å². The molecule has 0 amide bonds. The van der Waals surface area contributed by atoms with E-state index >= 15 is 0 Å². The monoisotopic (exact) mass is 240 g/mol. The van der Waals surface area contributed by atoms with Gasteiger partial charge in [-0.05, 0) is 38.0 Å². The first kappa shape index (κ1) is 12.9. The molecule has 3 heteroatoms. The molecule has 1 heterocycles. The summed E-state index contributed by atoms with van der Waals surface area (Å²) in [6, 6.07) is 0. The summed E-state index contributed by atoms with van der Waals surface area (Å²) in [6.45, 7) is 1.29. The third kappa shape index (κ3) is 4.66. The van der Waals surface area contributed by atoms with Crippen LogP contribution in [0.5, 0.6) is 0 Å². The average Bonchev–Trinajstić information content (AvgIpc) is 2.39. The predicted molar refractivity (Wildman–Crippen MR) is 65.7 cm³/mol. The molecule has 1 atom stereocenters. The van der Waals surface area contributed by atoms with E-state index < -0.39 is 0 Å². The SMILES string of the molecule is O=C(CC1CCCCC1)OCC1CCCCO1. The zero-order valence-electron chi connectivity index (χ0n) is 10.7. The minimum absolute atomic E-state index is 0.0222. The fourth-order valence-electron chi connectivity index (χ4n) is 2.81. The third-order valence-electron chi connectivity index (χ3n) is 3.88. The van der Waals surface area contributed by atoms with Crippen molar-refractivity contribution in [1.29, 1.82) is 0 Å². The topological polar surface area (TPSA) is 35.5 Å². The molecule has 17 heavy (non-hydrogen) atoms. The van der Waals surface area contributed by atoms with Gasteiger partial charge < -0.3 is 9.47 Å². The summed E-state index contributed by atoms with van der Waals surface area (Å²) in [5.41, 5.74) is 0. The normalized spacial score (nSPS) is 26.7. The summed E-state index contributed by atoms with van der Waals surface area (Å²) >= 11 is 0. The lowest BCUT2D eigenvalue weighted by atomic mass is 9.87. The summed E-state index contributed by atoms with van der Waals surface area (Å²) in [7, 11) is 0. The van der Waals surface area contributed by atoms with Gasteiger partial charge >= 0.3 is 5.97 Å². The maximum Gasteiger partial charge on any atom is 0.306 e. The molecule has 1 saturated carbocycles. The summed E-state index contributed by atoms with van der Waals surface area (Å²) in [4.78, 5) is 11.7. The average molecular weight is 240 g/mol. The van der Waals surface area contributed by atoms with Gasteiger partial charge in [0.2, 0.25) is 0 Å². The van der Waals surface area contributed by atoms with Gasteiger partial charge in [0.15, 0.2) is 0 Å². The summed E-state index contributed by atoms with van der Waals surface area (Å²) < 4.78 is 10.9. The van der Waals surface area contributed by atoms with Crippen molar-refractivity contribution >= 4 is 5.97 Å². The molecule has 98 valence electrons. The second-order valence-electron chi connectivity index (χ2n) is 5.38. The highest BCUT2D eigenvalue weighted by molar-refractivity contribution is 5.69. The highest BCUT2D eigenvalue weighted by Gasteiger charge is 2.20. The highest BCUT2D eigenvalue weighted by atomic mass is 16.6. The molecule has 0 spiro atoms. The van der Waals surface area contributed by atoms with Gasteiger partial charge in [0.25, 0.3) is 0 Å². The molecule has 2 fully saturated rings. The van der Waals surface area contributed by atoms with Crippen LogP contribution in [0.25, 0.3) is 0 Å². The van der Waals surface area contributed by atoms with Crippen molar-refractivity contribution in [1.82, 2.24) is 0 Å². The fourth-order valence-corrected chi connectivity index (χ4v) is 2.81. The van der Waals surface area contributed by atoms with Crippen LogP contribution >= 0.6 is 0 Å². The van der Waals surface area contributed by atoms with Crippen molar-refractivity contribution < 1.29 is 14.3 Å². The number of carbonyl (C=O) groups is 1. The number of esters is 1. The lowest BCUT2D eigenvalue weighted by molar-refractivity contribution is -0.150. The van der Waals surface area contributed by atoms with E-state index in [-0.39, 0.29) is 12.1 Å². The van der Waals surface area contributed by atoms with Crippen molar-refractivity contribution in [3.05, 3.63) is 0 Å². The molecule has 2 aliphatic rings. The maximum absolute atomic E-state index is 11.7. The molecule has 0 N–H and O–H groups in total. The molecule has 1 saturated heterocycles. The Labute approximate surface area is 104 Å². The fraction of sp³-hybridized carbons (Fsp3) is 0.929. The number of hydrogen-bond donors (Lipinski definition) is 0. The van der Waals surface area contributed by atoms with Gasteiger partial charge in [-0.15, -0.1) is 0 Å². The van der Waals surface area contributed by atoms with Crippen LogP contribution in [-0.4, -0.2) is 25.3 Å². The molecule has 2 rings (SSSR count). The Kier molecular flexibility index (Phi) is 5.30. The molecule has 0 aromatic heterocycles. The van der Waals surface area contributed by atoms with Crippen LogP contribution in [0.4, 0.5) is 0 Å². The van der Waals surface area contributed by atoms with Crippen LogP contribution < -0.4 is 0 Å². The molecule has 0 radical (unpaired) electrons. The third-order valence-corrected chi connectivity index (χ3v) is 3.88. The molecule has 1 aliphatic heterocycles. The number of hydrogen-bond acceptors (Lipinski definition) is 3. The Morgan fingerprint density at radius 3 is 2.53 bits per heavy atom. The number of ether oxygens (including phenoxy) is 2. The summed E-state index contributed by atoms with van der Waals surface area (Å²) in [5, 5.41) is 0. The van der Waals surface area contributed by atoms with E-state index in [0.29, 0.717) is 18.9 Å².